The Kier molecular flexibility index (Phi) is 8.50. The summed E-state index contributed by atoms with van der Waals surface area (Å²) in [6, 6.07) is 33.6. The molecular formula is C32H31N3O2. The average molecular weight is 490 g/mol. The summed E-state index contributed by atoms with van der Waals surface area (Å²) in [7, 11) is 0. The topological polar surface area (TPSA) is 75.4 Å². The number of rotatable bonds is 5. The number of hydrogen-bond acceptors (Lipinski definition) is 3. The minimum absolute atomic E-state index is 0.205. The van der Waals surface area contributed by atoms with Crippen LogP contribution in [0.25, 0.3) is 11.6 Å². The van der Waals surface area contributed by atoms with Gasteiger partial charge >= 0.3 is 0 Å². The van der Waals surface area contributed by atoms with E-state index in [0.717, 1.165) is 24.9 Å². The van der Waals surface area contributed by atoms with Crippen LogP contribution in [0.15, 0.2) is 103 Å². The molecule has 0 spiro atoms. The normalized spacial score (nSPS) is 12.6. The Labute approximate surface area is 218 Å². The Hall–Kier alpha value is -4.64. The standard InChI is InChI=1S/C17H17N3O2.C15H14/c18-15-3-1-2-4-16(15)19-17(22)13-6-5-12-7-8-20(11-21)10-14(12)9-13;1-13(15-10-6-3-7-11-15)12-14-8-4-2-5-9-14/h1-6,9,11H,7-8,10,18H2,(H,19,22);2-12H,1H3/b;13-12-. The highest BCUT2D eigenvalue weighted by molar-refractivity contribution is 6.05. The number of carbonyl (C=O) groups excluding carboxylic acids is 2. The summed E-state index contributed by atoms with van der Waals surface area (Å²) in [5.74, 6) is -0.205. The van der Waals surface area contributed by atoms with Gasteiger partial charge in [-0.1, -0.05) is 84.9 Å². The fraction of sp³-hybridized carbons (Fsp3) is 0.125. The summed E-state index contributed by atoms with van der Waals surface area (Å²) >= 11 is 0. The summed E-state index contributed by atoms with van der Waals surface area (Å²) in [6.07, 6.45) is 3.87. The zero-order valence-corrected chi connectivity index (χ0v) is 20.9. The lowest BCUT2D eigenvalue weighted by Crippen LogP contribution is -2.29. The molecule has 0 aliphatic carbocycles. The van der Waals surface area contributed by atoms with Crippen LogP contribution in [0.5, 0.6) is 0 Å². The summed E-state index contributed by atoms with van der Waals surface area (Å²) < 4.78 is 0. The number of benzene rings is 4. The van der Waals surface area contributed by atoms with Gasteiger partial charge in [-0.05, 0) is 65.4 Å². The van der Waals surface area contributed by atoms with E-state index in [-0.39, 0.29) is 5.91 Å². The number of nitrogens with one attached hydrogen (secondary N) is 1. The molecule has 5 rings (SSSR count). The molecule has 4 aromatic rings. The van der Waals surface area contributed by atoms with Crippen molar-refractivity contribution >= 4 is 35.3 Å². The number of para-hydroxylation sites is 2. The number of hydrogen-bond donors (Lipinski definition) is 2. The molecule has 186 valence electrons. The predicted molar refractivity (Wildman–Crippen MR) is 152 cm³/mol. The quantitative estimate of drug-likeness (QED) is 0.197. The zero-order chi connectivity index (χ0) is 26.0. The van der Waals surface area contributed by atoms with Crippen LogP contribution < -0.4 is 11.1 Å². The number of nitrogen functional groups attached to an aromatic ring is 1. The molecule has 1 aliphatic rings. The molecule has 4 aromatic carbocycles. The second-order valence-corrected chi connectivity index (χ2v) is 8.95. The van der Waals surface area contributed by atoms with E-state index in [2.05, 4.69) is 66.8 Å². The second-order valence-electron chi connectivity index (χ2n) is 8.95. The van der Waals surface area contributed by atoms with Gasteiger partial charge < -0.3 is 16.0 Å². The number of anilines is 2. The minimum atomic E-state index is -0.205. The van der Waals surface area contributed by atoms with Crippen LogP contribution in [0.2, 0.25) is 0 Å². The molecule has 0 aromatic heterocycles. The molecule has 5 heteroatoms. The minimum Gasteiger partial charge on any atom is -0.397 e. The van der Waals surface area contributed by atoms with E-state index in [1.165, 1.54) is 22.3 Å². The molecule has 0 saturated heterocycles. The molecule has 2 amide bonds. The van der Waals surface area contributed by atoms with E-state index in [0.29, 0.717) is 23.5 Å². The number of nitrogens with two attached hydrogens (primary N) is 1. The van der Waals surface area contributed by atoms with Crippen LogP contribution in [0.4, 0.5) is 11.4 Å². The van der Waals surface area contributed by atoms with E-state index in [4.69, 9.17) is 5.73 Å². The summed E-state index contributed by atoms with van der Waals surface area (Å²) in [6.45, 7) is 3.42. The van der Waals surface area contributed by atoms with Crippen molar-refractivity contribution in [1.82, 2.24) is 4.90 Å². The van der Waals surface area contributed by atoms with Gasteiger partial charge in [-0.3, -0.25) is 9.59 Å². The largest absolute Gasteiger partial charge is 0.397 e. The van der Waals surface area contributed by atoms with Gasteiger partial charge in [-0.2, -0.15) is 0 Å². The van der Waals surface area contributed by atoms with Crippen LogP contribution in [0, 0.1) is 0 Å². The highest BCUT2D eigenvalue weighted by atomic mass is 16.1. The molecule has 1 aliphatic heterocycles. The molecule has 3 N–H and O–H groups in total. The molecule has 0 saturated carbocycles. The first kappa shape index (κ1) is 25.5. The first-order valence-electron chi connectivity index (χ1n) is 12.3. The van der Waals surface area contributed by atoms with Crippen molar-refractivity contribution in [2.24, 2.45) is 0 Å². The third kappa shape index (κ3) is 6.95. The van der Waals surface area contributed by atoms with Gasteiger partial charge in [0.1, 0.15) is 0 Å². The lowest BCUT2D eigenvalue weighted by Gasteiger charge is -2.25. The Morgan fingerprint density at radius 1 is 0.838 bits per heavy atom. The first-order valence-corrected chi connectivity index (χ1v) is 12.3. The van der Waals surface area contributed by atoms with Gasteiger partial charge in [0.15, 0.2) is 0 Å². The third-order valence-electron chi connectivity index (χ3n) is 6.28. The number of amides is 2. The lowest BCUT2D eigenvalue weighted by molar-refractivity contribution is -0.118. The molecule has 5 nitrogen and oxygen atoms in total. The maximum Gasteiger partial charge on any atom is 0.255 e. The van der Waals surface area contributed by atoms with Crippen LogP contribution in [-0.4, -0.2) is 23.8 Å². The van der Waals surface area contributed by atoms with E-state index in [9.17, 15) is 9.59 Å². The molecule has 0 fully saturated rings. The highest BCUT2D eigenvalue weighted by Gasteiger charge is 2.17. The number of fused-ring (bicyclic) bond motifs is 1. The SMILES string of the molecule is C/C(=C/c1ccccc1)c1ccccc1.Nc1ccccc1NC(=O)c1ccc2c(c1)CN(C=O)CC2. The smallest absolute Gasteiger partial charge is 0.255 e. The number of carbonyl (C=O) groups is 2. The van der Waals surface area contributed by atoms with Crippen molar-refractivity contribution in [3.05, 3.63) is 131 Å². The molecule has 0 radical (unpaired) electrons. The Bertz CT molecular complexity index is 1380. The molecule has 1 heterocycles. The molecule has 37 heavy (non-hydrogen) atoms. The van der Waals surface area contributed by atoms with E-state index in [1.54, 1.807) is 17.0 Å². The monoisotopic (exact) mass is 489 g/mol. The average Bonchev–Trinajstić information content (AvgIpc) is 2.95. The Balaban J connectivity index is 0.000000186. The van der Waals surface area contributed by atoms with Crippen molar-refractivity contribution in [3.63, 3.8) is 0 Å². The van der Waals surface area contributed by atoms with Gasteiger partial charge in [0.2, 0.25) is 6.41 Å². The molecular weight excluding hydrogens is 458 g/mol. The second kappa shape index (κ2) is 12.4. The van der Waals surface area contributed by atoms with Gasteiger partial charge in [-0.15, -0.1) is 0 Å². The number of nitrogens with zero attached hydrogens (tertiary/aromatic N) is 1. The maximum atomic E-state index is 12.4. The fourth-order valence-corrected chi connectivity index (χ4v) is 4.20. The van der Waals surface area contributed by atoms with Crippen molar-refractivity contribution in [3.8, 4) is 0 Å². The molecule has 0 unspecified atom stereocenters. The van der Waals surface area contributed by atoms with Gasteiger partial charge in [0.25, 0.3) is 5.91 Å². The van der Waals surface area contributed by atoms with Crippen molar-refractivity contribution in [2.45, 2.75) is 19.9 Å². The van der Waals surface area contributed by atoms with Crippen LogP contribution in [-0.2, 0) is 17.8 Å². The van der Waals surface area contributed by atoms with Crippen molar-refractivity contribution < 1.29 is 9.59 Å². The zero-order valence-electron chi connectivity index (χ0n) is 20.9. The number of allylic oxidation sites excluding steroid dienone is 1. The Morgan fingerprint density at radius 3 is 2.22 bits per heavy atom. The van der Waals surface area contributed by atoms with E-state index < -0.39 is 0 Å². The van der Waals surface area contributed by atoms with Gasteiger partial charge in [0.05, 0.1) is 11.4 Å². The van der Waals surface area contributed by atoms with Gasteiger partial charge in [-0.25, -0.2) is 0 Å². The maximum absolute atomic E-state index is 12.4. The predicted octanol–water partition coefficient (Wildman–Crippen LogP) is 6.28. The van der Waals surface area contributed by atoms with Crippen LogP contribution in [0.1, 0.15) is 39.5 Å². The molecule has 0 atom stereocenters. The van der Waals surface area contributed by atoms with E-state index in [1.807, 2.05) is 42.5 Å². The van der Waals surface area contributed by atoms with Crippen molar-refractivity contribution in [2.75, 3.05) is 17.6 Å². The highest BCUT2D eigenvalue weighted by Crippen LogP contribution is 2.22. The molecule has 0 bridgehead atoms. The van der Waals surface area contributed by atoms with E-state index >= 15 is 0 Å². The first-order chi connectivity index (χ1) is 18.0. The van der Waals surface area contributed by atoms with Crippen LogP contribution in [0.3, 0.4) is 0 Å². The van der Waals surface area contributed by atoms with Crippen molar-refractivity contribution in [1.29, 1.82) is 0 Å². The summed E-state index contributed by atoms with van der Waals surface area (Å²) in [4.78, 5) is 25.0. The van der Waals surface area contributed by atoms with Crippen LogP contribution >= 0.6 is 0 Å². The summed E-state index contributed by atoms with van der Waals surface area (Å²) in [5, 5.41) is 2.81. The Morgan fingerprint density at radius 2 is 1.51 bits per heavy atom. The fourth-order valence-electron chi connectivity index (χ4n) is 4.20. The lowest BCUT2D eigenvalue weighted by atomic mass is 9.97. The third-order valence-corrected chi connectivity index (χ3v) is 6.28. The van der Waals surface area contributed by atoms with Gasteiger partial charge in [0, 0.05) is 18.7 Å². The summed E-state index contributed by atoms with van der Waals surface area (Å²) in [5.41, 5.74) is 13.6.